The molecule has 0 aromatic heterocycles. The molecule has 1 amide bonds. The van der Waals surface area contributed by atoms with Gasteiger partial charge in [-0.2, -0.15) is 0 Å². The highest BCUT2D eigenvalue weighted by Gasteiger charge is 2.16. The van der Waals surface area contributed by atoms with E-state index in [9.17, 15) is 22.7 Å². The molecule has 0 radical (unpaired) electrons. The van der Waals surface area contributed by atoms with Crippen LogP contribution in [0.4, 0.5) is 10.1 Å². The number of sulfone groups is 1. The minimum Gasteiger partial charge on any atom is -0.507 e. The number of hydrogen-bond acceptors (Lipinski definition) is 4. The van der Waals surface area contributed by atoms with Crippen LogP contribution >= 0.6 is 11.6 Å². The Labute approximate surface area is 131 Å². The molecule has 2 N–H and O–H groups in total. The molecule has 2 rings (SSSR count). The second-order valence-electron chi connectivity index (χ2n) is 4.53. The molecule has 2 aromatic rings. The molecule has 8 heteroatoms. The Morgan fingerprint density at radius 1 is 1.23 bits per heavy atom. The first-order valence-corrected chi connectivity index (χ1v) is 8.25. The molecule has 0 aliphatic carbocycles. The summed E-state index contributed by atoms with van der Waals surface area (Å²) in [6.45, 7) is 0. The van der Waals surface area contributed by atoms with Crippen LogP contribution in [0, 0.1) is 5.82 Å². The molecule has 0 bridgehead atoms. The van der Waals surface area contributed by atoms with Gasteiger partial charge in [0.05, 0.1) is 16.1 Å². The zero-order valence-electron chi connectivity index (χ0n) is 11.3. The van der Waals surface area contributed by atoms with Crippen LogP contribution in [0.5, 0.6) is 5.75 Å². The van der Waals surface area contributed by atoms with E-state index in [1.807, 2.05) is 0 Å². The Bertz CT molecular complexity index is 852. The predicted octanol–water partition coefficient (Wildman–Crippen LogP) is 2.84. The molecular weight excluding hydrogens is 333 g/mol. The molecule has 5 nitrogen and oxygen atoms in total. The van der Waals surface area contributed by atoms with Crippen LogP contribution in [-0.2, 0) is 9.84 Å². The van der Waals surface area contributed by atoms with Crippen LogP contribution in [0.25, 0.3) is 0 Å². The lowest BCUT2D eigenvalue weighted by Crippen LogP contribution is -2.14. The Balaban J connectivity index is 2.38. The van der Waals surface area contributed by atoms with Gasteiger partial charge in [0.2, 0.25) is 0 Å². The van der Waals surface area contributed by atoms with Gasteiger partial charge in [-0.25, -0.2) is 12.8 Å². The van der Waals surface area contributed by atoms with Gasteiger partial charge in [-0.15, -0.1) is 0 Å². The fraction of sp³-hybridized carbons (Fsp3) is 0.0714. The van der Waals surface area contributed by atoms with Gasteiger partial charge in [-0.05, 0) is 36.4 Å². The monoisotopic (exact) mass is 343 g/mol. The minimum atomic E-state index is -3.55. The second-order valence-corrected chi connectivity index (χ2v) is 6.98. The first-order valence-electron chi connectivity index (χ1n) is 5.98. The molecule has 2 aromatic carbocycles. The van der Waals surface area contributed by atoms with Crippen molar-refractivity contribution in [1.82, 2.24) is 0 Å². The fourth-order valence-electron chi connectivity index (χ4n) is 1.71. The number of rotatable bonds is 3. The van der Waals surface area contributed by atoms with Crippen molar-refractivity contribution in [2.75, 3.05) is 11.6 Å². The number of phenolic OH excluding ortho intramolecular Hbond substituents is 1. The van der Waals surface area contributed by atoms with Gasteiger partial charge in [0, 0.05) is 11.3 Å². The Morgan fingerprint density at radius 2 is 1.91 bits per heavy atom. The van der Waals surface area contributed by atoms with Crippen molar-refractivity contribution >= 4 is 33.0 Å². The highest BCUT2D eigenvalue weighted by Crippen LogP contribution is 2.24. The van der Waals surface area contributed by atoms with Gasteiger partial charge in [-0.1, -0.05) is 11.6 Å². The number of nitrogens with one attached hydrogen (secondary N) is 1. The molecule has 0 saturated carbocycles. The summed E-state index contributed by atoms with van der Waals surface area (Å²) in [5.74, 6) is -1.95. The number of anilines is 1. The summed E-state index contributed by atoms with van der Waals surface area (Å²) < 4.78 is 36.6. The van der Waals surface area contributed by atoms with Crippen molar-refractivity contribution in [3.63, 3.8) is 0 Å². The number of carbonyl (C=O) groups excluding carboxylic acids is 1. The summed E-state index contributed by atoms with van der Waals surface area (Å²) in [5, 5.41) is 12.1. The summed E-state index contributed by atoms with van der Waals surface area (Å²) in [5.41, 5.74) is -0.469. The highest BCUT2D eigenvalue weighted by molar-refractivity contribution is 7.90. The van der Waals surface area contributed by atoms with Crippen LogP contribution in [0.3, 0.4) is 0 Å². The van der Waals surface area contributed by atoms with Crippen molar-refractivity contribution in [3.8, 4) is 5.75 Å². The summed E-state index contributed by atoms with van der Waals surface area (Å²) in [6.07, 6.45) is 0.967. The average molecular weight is 344 g/mol. The molecule has 0 heterocycles. The number of hydrogen-bond donors (Lipinski definition) is 2. The summed E-state index contributed by atoms with van der Waals surface area (Å²) >= 11 is 5.74. The molecule has 0 aliphatic rings. The van der Waals surface area contributed by atoms with Crippen molar-refractivity contribution in [3.05, 3.63) is 52.8 Å². The summed E-state index contributed by atoms with van der Waals surface area (Å²) in [4.78, 5) is 11.9. The van der Waals surface area contributed by atoms with Crippen LogP contribution in [0.1, 0.15) is 10.4 Å². The van der Waals surface area contributed by atoms with Crippen molar-refractivity contribution in [2.45, 2.75) is 4.90 Å². The van der Waals surface area contributed by atoms with Crippen LogP contribution in [0.2, 0.25) is 5.02 Å². The second kappa shape index (κ2) is 5.94. The minimum absolute atomic E-state index is 0.139. The van der Waals surface area contributed by atoms with E-state index >= 15 is 0 Å². The molecular formula is C14H11ClFNO4S. The predicted molar refractivity (Wildman–Crippen MR) is 80.6 cm³/mol. The summed E-state index contributed by atoms with van der Waals surface area (Å²) in [6, 6.07) is 6.86. The number of aromatic hydroxyl groups is 1. The molecule has 0 aliphatic heterocycles. The van der Waals surface area contributed by atoms with E-state index in [1.54, 1.807) is 0 Å². The van der Waals surface area contributed by atoms with Crippen LogP contribution < -0.4 is 5.32 Å². The van der Waals surface area contributed by atoms with Gasteiger partial charge in [0.15, 0.2) is 9.84 Å². The first kappa shape index (κ1) is 16.3. The molecule has 0 unspecified atom stereocenters. The molecule has 0 atom stereocenters. The Hall–Kier alpha value is -2.12. The third-order valence-corrected chi connectivity index (χ3v) is 4.16. The van der Waals surface area contributed by atoms with E-state index in [2.05, 4.69) is 5.32 Å². The zero-order chi connectivity index (χ0) is 16.5. The summed E-state index contributed by atoms with van der Waals surface area (Å²) in [7, 11) is -3.55. The lowest BCUT2D eigenvalue weighted by atomic mass is 10.2. The Kier molecular flexibility index (Phi) is 4.39. The number of amides is 1. The molecule has 22 heavy (non-hydrogen) atoms. The highest BCUT2D eigenvalue weighted by atomic mass is 35.5. The molecule has 0 spiro atoms. The largest absolute Gasteiger partial charge is 0.507 e. The lowest BCUT2D eigenvalue weighted by molar-refractivity contribution is 0.102. The van der Waals surface area contributed by atoms with Crippen molar-refractivity contribution in [2.24, 2.45) is 0 Å². The van der Waals surface area contributed by atoms with Gasteiger partial charge in [0.25, 0.3) is 5.91 Å². The zero-order valence-corrected chi connectivity index (χ0v) is 12.9. The quantitative estimate of drug-likeness (QED) is 0.839. The molecule has 0 saturated heterocycles. The van der Waals surface area contributed by atoms with E-state index in [0.29, 0.717) is 0 Å². The van der Waals surface area contributed by atoms with Crippen LogP contribution in [0.15, 0.2) is 41.3 Å². The van der Waals surface area contributed by atoms with Gasteiger partial charge in [0.1, 0.15) is 11.6 Å². The third kappa shape index (κ3) is 3.55. The van der Waals surface area contributed by atoms with E-state index in [1.165, 1.54) is 18.2 Å². The van der Waals surface area contributed by atoms with Gasteiger partial charge >= 0.3 is 0 Å². The fourth-order valence-corrected chi connectivity index (χ4v) is 2.53. The standard InChI is InChI=1S/C14H11ClFNO4S/c1-22(20,21)9-3-4-11(16)12(7-9)17-14(19)10-6-8(15)2-5-13(10)18/h2-7,18H,1H3,(H,17,19). The molecule has 0 fully saturated rings. The van der Waals surface area contributed by atoms with Gasteiger partial charge < -0.3 is 10.4 Å². The maximum absolute atomic E-state index is 13.7. The number of benzene rings is 2. The SMILES string of the molecule is CS(=O)(=O)c1ccc(F)c(NC(=O)c2cc(Cl)ccc2O)c1. The number of carbonyl (C=O) groups is 1. The van der Waals surface area contributed by atoms with E-state index < -0.39 is 21.6 Å². The van der Waals surface area contributed by atoms with Crippen molar-refractivity contribution < 1.29 is 22.7 Å². The maximum Gasteiger partial charge on any atom is 0.259 e. The van der Waals surface area contributed by atoms with E-state index in [-0.39, 0.29) is 26.9 Å². The average Bonchev–Trinajstić information content (AvgIpc) is 2.42. The smallest absolute Gasteiger partial charge is 0.259 e. The lowest BCUT2D eigenvalue weighted by Gasteiger charge is -2.09. The van der Waals surface area contributed by atoms with E-state index in [4.69, 9.17) is 11.6 Å². The number of halogens is 2. The van der Waals surface area contributed by atoms with Gasteiger partial charge in [-0.3, -0.25) is 4.79 Å². The van der Waals surface area contributed by atoms with Crippen molar-refractivity contribution in [1.29, 1.82) is 0 Å². The topological polar surface area (TPSA) is 83.5 Å². The molecule has 116 valence electrons. The maximum atomic E-state index is 13.7. The van der Waals surface area contributed by atoms with E-state index in [0.717, 1.165) is 24.5 Å². The first-order chi connectivity index (χ1) is 10.2. The normalized spacial score (nSPS) is 11.2. The van der Waals surface area contributed by atoms with Crippen LogP contribution in [-0.4, -0.2) is 25.7 Å². The number of phenols is 1. The third-order valence-electron chi connectivity index (χ3n) is 2.82. The Morgan fingerprint density at radius 3 is 2.55 bits per heavy atom.